The van der Waals surface area contributed by atoms with Crippen molar-refractivity contribution < 1.29 is 14.6 Å². The van der Waals surface area contributed by atoms with Crippen molar-refractivity contribution in [1.29, 1.82) is 0 Å². The first-order chi connectivity index (χ1) is 7.69. The van der Waals surface area contributed by atoms with Crippen LogP contribution in [0.15, 0.2) is 43.5 Å². The van der Waals surface area contributed by atoms with Crippen LogP contribution in [0.25, 0.3) is 0 Å². The molecule has 0 atom stereocenters. The van der Waals surface area contributed by atoms with E-state index in [0.29, 0.717) is 17.5 Å². The first-order valence-electron chi connectivity index (χ1n) is 4.90. The minimum absolute atomic E-state index is 0.153. The topological polar surface area (TPSA) is 46.5 Å². The smallest absolute Gasteiger partial charge is 0.338 e. The number of phenolic OH excluding ortho intramolecular Hbond substituents is 1. The van der Waals surface area contributed by atoms with Gasteiger partial charge in [-0.3, -0.25) is 0 Å². The molecule has 3 heteroatoms. The van der Waals surface area contributed by atoms with Crippen LogP contribution in [-0.2, 0) is 11.2 Å². The molecule has 0 heterocycles. The second-order valence-corrected chi connectivity index (χ2v) is 3.22. The summed E-state index contributed by atoms with van der Waals surface area (Å²) in [5.41, 5.74) is 1.07. The molecule has 3 nitrogen and oxygen atoms in total. The van der Waals surface area contributed by atoms with Crippen molar-refractivity contribution >= 4 is 5.97 Å². The Kier molecular flexibility index (Phi) is 4.33. The predicted octanol–water partition coefficient (Wildman–Crippen LogP) is 2.46. The molecule has 1 rings (SSSR count). The number of carbonyl (C=O) groups excluding carboxylic acids is 1. The number of allylic oxidation sites excluding steroid dienone is 1. The summed E-state index contributed by atoms with van der Waals surface area (Å²) >= 11 is 0. The predicted molar refractivity (Wildman–Crippen MR) is 62.5 cm³/mol. The van der Waals surface area contributed by atoms with Gasteiger partial charge in [-0.2, -0.15) is 0 Å². The van der Waals surface area contributed by atoms with Gasteiger partial charge in [-0.05, 0) is 30.2 Å². The van der Waals surface area contributed by atoms with E-state index in [-0.39, 0.29) is 12.4 Å². The fourth-order valence-electron chi connectivity index (χ4n) is 1.25. The lowest BCUT2D eigenvalue weighted by Crippen LogP contribution is -2.05. The highest BCUT2D eigenvalue weighted by Gasteiger charge is 2.09. The summed E-state index contributed by atoms with van der Waals surface area (Å²) in [5, 5.41) is 9.51. The average Bonchev–Trinajstić information content (AvgIpc) is 2.29. The zero-order valence-corrected chi connectivity index (χ0v) is 8.98. The standard InChI is InChI=1S/C13H14O3/c1-3-5-10-9-11(6-7-12(10)14)13(15)16-8-4-2/h3-4,6-7,9,14H,1-2,5,8H2. The maximum atomic E-state index is 11.5. The summed E-state index contributed by atoms with van der Waals surface area (Å²) in [5.74, 6) is -0.273. The number of rotatable bonds is 5. The third-order valence-corrected chi connectivity index (χ3v) is 2.01. The minimum atomic E-state index is -0.426. The van der Waals surface area contributed by atoms with E-state index in [1.165, 1.54) is 18.2 Å². The third kappa shape index (κ3) is 2.98. The maximum absolute atomic E-state index is 11.5. The molecule has 0 aliphatic heterocycles. The number of carbonyl (C=O) groups is 1. The summed E-state index contributed by atoms with van der Waals surface area (Å²) in [6.45, 7) is 7.21. The molecule has 0 fully saturated rings. The van der Waals surface area contributed by atoms with Crippen molar-refractivity contribution in [2.45, 2.75) is 6.42 Å². The molecule has 0 radical (unpaired) electrons. The summed E-state index contributed by atoms with van der Waals surface area (Å²) in [6, 6.07) is 4.60. The number of hydrogen-bond donors (Lipinski definition) is 1. The molecule has 0 aliphatic carbocycles. The molecule has 0 saturated carbocycles. The van der Waals surface area contributed by atoms with Crippen LogP contribution in [0, 0.1) is 0 Å². The van der Waals surface area contributed by atoms with Crippen molar-refractivity contribution in [3.05, 3.63) is 54.6 Å². The molecule has 0 unspecified atom stereocenters. The first-order valence-corrected chi connectivity index (χ1v) is 4.90. The van der Waals surface area contributed by atoms with Gasteiger partial charge in [0.2, 0.25) is 0 Å². The maximum Gasteiger partial charge on any atom is 0.338 e. The first kappa shape index (κ1) is 12.0. The van der Waals surface area contributed by atoms with E-state index in [2.05, 4.69) is 13.2 Å². The SMILES string of the molecule is C=CCOC(=O)c1ccc(O)c(CC=C)c1. The molecule has 0 bridgehead atoms. The molecule has 1 N–H and O–H groups in total. The summed E-state index contributed by atoms with van der Waals surface area (Å²) < 4.78 is 4.89. The van der Waals surface area contributed by atoms with Gasteiger partial charge in [0.05, 0.1) is 5.56 Å². The number of hydrogen-bond acceptors (Lipinski definition) is 3. The van der Waals surface area contributed by atoms with Gasteiger partial charge in [0.1, 0.15) is 12.4 Å². The Hall–Kier alpha value is -2.03. The zero-order chi connectivity index (χ0) is 12.0. The van der Waals surface area contributed by atoms with Gasteiger partial charge in [-0.1, -0.05) is 18.7 Å². The Morgan fingerprint density at radius 1 is 1.38 bits per heavy atom. The highest BCUT2D eigenvalue weighted by atomic mass is 16.5. The lowest BCUT2D eigenvalue weighted by atomic mass is 10.1. The monoisotopic (exact) mass is 218 g/mol. The van der Waals surface area contributed by atoms with Crippen LogP contribution in [0.2, 0.25) is 0 Å². The average molecular weight is 218 g/mol. The lowest BCUT2D eigenvalue weighted by molar-refractivity contribution is 0.0549. The quantitative estimate of drug-likeness (QED) is 0.610. The molecule has 1 aromatic carbocycles. The summed E-state index contributed by atoms with van der Waals surface area (Å²) in [4.78, 5) is 11.5. The van der Waals surface area contributed by atoms with E-state index in [1.807, 2.05) is 0 Å². The van der Waals surface area contributed by atoms with E-state index in [0.717, 1.165) is 0 Å². The second-order valence-electron chi connectivity index (χ2n) is 3.22. The van der Waals surface area contributed by atoms with Crippen LogP contribution in [0.3, 0.4) is 0 Å². The van der Waals surface area contributed by atoms with Gasteiger partial charge in [0.25, 0.3) is 0 Å². The van der Waals surface area contributed by atoms with Crippen molar-refractivity contribution in [3.63, 3.8) is 0 Å². The molecule has 0 aliphatic rings. The Morgan fingerprint density at radius 3 is 2.75 bits per heavy atom. The minimum Gasteiger partial charge on any atom is -0.508 e. The molecule has 1 aromatic rings. The molecular weight excluding hydrogens is 204 g/mol. The van der Waals surface area contributed by atoms with Crippen molar-refractivity contribution in [3.8, 4) is 5.75 Å². The number of ether oxygens (including phenoxy) is 1. The van der Waals surface area contributed by atoms with E-state index in [9.17, 15) is 9.90 Å². The second kappa shape index (κ2) is 5.75. The van der Waals surface area contributed by atoms with Crippen molar-refractivity contribution in [2.75, 3.05) is 6.61 Å². The van der Waals surface area contributed by atoms with Crippen LogP contribution in [0.1, 0.15) is 15.9 Å². The van der Waals surface area contributed by atoms with Crippen molar-refractivity contribution in [2.24, 2.45) is 0 Å². The van der Waals surface area contributed by atoms with Crippen LogP contribution in [0.4, 0.5) is 0 Å². The van der Waals surface area contributed by atoms with Gasteiger partial charge in [-0.15, -0.1) is 6.58 Å². The molecule has 0 spiro atoms. The van der Waals surface area contributed by atoms with Gasteiger partial charge in [0, 0.05) is 0 Å². The Balaban J connectivity index is 2.88. The van der Waals surface area contributed by atoms with Gasteiger partial charge < -0.3 is 9.84 Å². The molecule has 16 heavy (non-hydrogen) atoms. The van der Waals surface area contributed by atoms with Gasteiger partial charge in [-0.25, -0.2) is 4.79 Å². The molecule has 0 saturated heterocycles. The summed E-state index contributed by atoms with van der Waals surface area (Å²) in [7, 11) is 0. The molecule has 0 amide bonds. The van der Waals surface area contributed by atoms with Gasteiger partial charge >= 0.3 is 5.97 Å². The van der Waals surface area contributed by atoms with Crippen LogP contribution < -0.4 is 0 Å². The summed E-state index contributed by atoms with van der Waals surface area (Å²) in [6.07, 6.45) is 3.67. The number of benzene rings is 1. The fourth-order valence-corrected chi connectivity index (χ4v) is 1.25. The van der Waals surface area contributed by atoms with E-state index < -0.39 is 5.97 Å². The molecule has 0 aromatic heterocycles. The van der Waals surface area contributed by atoms with Crippen molar-refractivity contribution in [1.82, 2.24) is 0 Å². The Bertz CT molecular complexity index is 408. The Labute approximate surface area is 94.7 Å². The van der Waals surface area contributed by atoms with Gasteiger partial charge in [0.15, 0.2) is 0 Å². The van der Waals surface area contributed by atoms with E-state index in [4.69, 9.17) is 4.74 Å². The highest BCUT2D eigenvalue weighted by molar-refractivity contribution is 5.89. The number of phenols is 1. The largest absolute Gasteiger partial charge is 0.508 e. The molecular formula is C13H14O3. The van der Waals surface area contributed by atoms with Crippen LogP contribution >= 0.6 is 0 Å². The highest BCUT2D eigenvalue weighted by Crippen LogP contribution is 2.19. The fraction of sp³-hybridized carbons (Fsp3) is 0.154. The zero-order valence-electron chi connectivity index (χ0n) is 8.98. The van der Waals surface area contributed by atoms with E-state index in [1.54, 1.807) is 12.1 Å². The molecule has 84 valence electrons. The van der Waals surface area contributed by atoms with Crippen LogP contribution in [-0.4, -0.2) is 17.7 Å². The third-order valence-electron chi connectivity index (χ3n) is 2.01. The lowest BCUT2D eigenvalue weighted by Gasteiger charge is -2.05. The normalized spacial score (nSPS) is 9.50. The number of aromatic hydroxyl groups is 1. The van der Waals surface area contributed by atoms with E-state index >= 15 is 0 Å². The van der Waals surface area contributed by atoms with Crippen LogP contribution in [0.5, 0.6) is 5.75 Å². The Morgan fingerprint density at radius 2 is 2.12 bits per heavy atom. The number of esters is 1.